The first-order valence-electron chi connectivity index (χ1n) is 13.7. The van der Waals surface area contributed by atoms with Crippen molar-refractivity contribution in [3.63, 3.8) is 0 Å². The number of hydrogen-bond donors (Lipinski definition) is 4. The highest BCUT2D eigenvalue weighted by atomic mass is 35.5. The lowest BCUT2D eigenvalue weighted by Gasteiger charge is -2.14. The van der Waals surface area contributed by atoms with Gasteiger partial charge in [-0.2, -0.15) is 10.2 Å². The molecule has 40 heavy (non-hydrogen) atoms. The second-order valence-electron chi connectivity index (χ2n) is 8.45. The van der Waals surface area contributed by atoms with E-state index < -0.39 is 11.9 Å². The van der Waals surface area contributed by atoms with Gasteiger partial charge in [-0.1, -0.05) is 56.2 Å². The summed E-state index contributed by atoms with van der Waals surface area (Å²) in [5, 5.41) is 16.9. The topological polar surface area (TPSA) is 130 Å². The van der Waals surface area contributed by atoms with Crippen molar-refractivity contribution in [3.8, 4) is 5.75 Å². The third-order valence-electron chi connectivity index (χ3n) is 5.77. The molecule has 0 heterocycles. The molecule has 0 aromatic heterocycles. The van der Waals surface area contributed by atoms with Crippen molar-refractivity contribution >= 4 is 36.2 Å². The van der Waals surface area contributed by atoms with Crippen LogP contribution in [0.3, 0.4) is 0 Å². The Hall–Kier alpha value is -3.27. The number of hydrogen-bond acceptors (Lipinski definition) is 8. The zero-order chi connectivity index (χ0) is 30.3. The molecule has 2 atom stereocenters. The number of likely N-dealkylation sites (N-methyl/N-ethyl adjacent to an activating group) is 1. The van der Waals surface area contributed by atoms with Gasteiger partial charge in [-0.3, -0.25) is 9.59 Å². The molecular formula is C30H47ClN6O3. The molecule has 0 aliphatic heterocycles. The lowest BCUT2D eigenvalue weighted by atomic mass is 10.0. The number of aldehydes is 1. The smallest absolute Gasteiger partial charge is 0.241 e. The van der Waals surface area contributed by atoms with Crippen LogP contribution in [0.1, 0.15) is 65.4 Å². The average molecular weight is 575 g/mol. The summed E-state index contributed by atoms with van der Waals surface area (Å²) in [6.07, 6.45) is 12.7. The van der Waals surface area contributed by atoms with E-state index in [1.54, 1.807) is 32.2 Å². The zero-order valence-corrected chi connectivity index (χ0v) is 25.6. The van der Waals surface area contributed by atoms with Crippen LogP contribution >= 0.6 is 11.6 Å². The van der Waals surface area contributed by atoms with Crippen molar-refractivity contribution < 1.29 is 14.3 Å². The van der Waals surface area contributed by atoms with E-state index in [1.807, 2.05) is 27.8 Å². The molecule has 0 saturated heterocycles. The third kappa shape index (κ3) is 14.2. The van der Waals surface area contributed by atoms with E-state index in [2.05, 4.69) is 57.2 Å². The second-order valence-corrected chi connectivity index (χ2v) is 8.89. The van der Waals surface area contributed by atoms with E-state index in [4.69, 9.17) is 22.1 Å². The number of nitrogens with two attached hydrogens (primary N) is 1. The van der Waals surface area contributed by atoms with Crippen molar-refractivity contribution in [2.75, 3.05) is 20.7 Å². The standard InChI is InChI=1S/C21H30ClN5O3.C7H11N.C2H6/c1-5-30-20-11-10-15(22)12-16(20)18(27-25-4)9-7-6-8-17(23)21(29)26-19(13-28)14(2)24-3;1-8-7-5-3-2-4-6-7;1-2/h10-13,17,24H,4-9,23H2,1-3H3,(H,26,29);2-5,7-8H,6H2,1H3;1-2H3/b19-14+,27-18+;;. The molecule has 10 heteroatoms. The van der Waals surface area contributed by atoms with Crippen LogP contribution in [0.25, 0.3) is 0 Å². The van der Waals surface area contributed by atoms with E-state index in [0.717, 1.165) is 18.4 Å². The number of halogens is 1. The maximum atomic E-state index is 12.2. The first kappa shape index (κ1) is 36.7. The summed E-state index contributed by atoms with van der Waals surface area (Å²) in [6, 6.07) is 5.18. The molecule has 9 nitrogen and oxygen atoms in total. The molecule has 5 N–H and O–H groups in total. The summed E-state index contributed by atoms with van der Waals surface area (Å²) >= 11 is 6.13. The molecule has 1 aromatic rings. The number of allylic oxidation sites excluding steroid dienone is 4. The van der Waals surface area contributed by atoms with Crippen LogP contribution in [0.2, 0.25) is 5.02 Å². The molecule has 0 spiro atoms. The lowest BCUT2D eigenvalue weighted by Crippen LogP contribution is -2.41. The minimum absolute atomic E-state index is 0.175. The van der Waals surface area contributed by atoms with Gasteiger partial charge in [-0.25, -0.2) is 0 Å². The van der Waals surface area contributed by atoms with Gasteiger partial charge < -0.3 is 26.4 Å². The van der Waals surface area contributed by atoms with E-state index in [1.165, 1.54) is 0 Å². The van der Waals surface area contributed by atoms with E-state index in [-0.39, 0.29) is 5.70 Å². The molecule has 2 rings (SSSR count). The number of amides is 1. The number of ether oxygens (including phenoxy) is 1. The fourth-order valence-corrected chi connectivity index (χ4v) is 3.66. The lowest BCUT2D eigenvalue weighted by molar-refractivity contribution is -0.122. The van der Waals surface area contributed by atoms with Gasteiger partial charge in [0.25, 0.3) is 0 Å². The van der Waals surface area contributed by atoms with Gasteiger partial charge >= 0.3 is 0 Å². The summed E-state index contributed by atoms with van der Waals surface area (Å²) in [6.45, 7) is 11.5. The Kier molecular flexibility index (Phi) is 20.7. The highest BCUT2D eigenvalue weighted by molar-refractivity contribution is 6.31. The van der Waals surface area contributed by atoms with Crippen LogP contribution in [0.15, 0.2) is 64.1 Å². The molecule has 1 aliphatic carbocycles. The Morgan fingerprint density at radius 2 is 2.00 bits per heavy atom. The number of rotatable bonds is 14. The predicted octanol–water partition coefficient (Wildman–Crippen LogP) is 4.91. The number of nitrogens with zero attached hydrogens (tertiary/aromatic N) is 2. The Morgan fingerprint density at radius 3 is 2.52 bits per heavy atom. The summed E-state index contributed by atoms with van der Waals surface area (Å²) < 4.78 is 5.66. The maximum Gasteiger partial charge on any atom is 0.241 e. The second kappa shape index (κ2) is 22.5. The quantitative estimate of drug-likeness (QED) is 0.0820. The molecule has 2 unspecified atom stereocenters. The van der Waals surface area contributed by atoms with E-state index in [0.29, 0.717) is 60.4 Å². The van der Waals surface area contributed by atoms with Crippen LogP contribution in [-0.4, -0.2) is 57.4 Å². The minimum atomic E-state index is -0.729. The van der Waals surface area contributed by atoms with E-state index in [9.17, 15) is 9.59 Å². The number of carbonyl (C=O) groups excluding carboxylic acids is 2. The first-order valence-corrected chi connectivity index (χ1v) is 14.0. The van der Waals surface area contributed by atoms with Gasteiger partial charge in [-0.15, -0.1) is 0 Å². The summed E-state index contributed by atoms with van der Waals surface area (Å²) in [7, 11) is 3.65. The Morgan fingerprint density at radius 1 is 1.27 bits per heavy atom. The Bertz CT molecular complexity index is 1040. The molecule has 0 radical (unpaired) electrons. The van der Waals surface area contributed by atoms with Crippen molar-refractivity contribution in [1.29, 1.82) is 0 Å². The molecule has 0 fully saturated rings. The zero-order valence-electron chi connectivity index (χ0n) is 24.8. The van der Waals surface area contributed by atoms with Crippen LogP contribution in [-0.2, 0) is 9.59 Å². The third-order valence-corrected chi connectivity index (χ3v) is 6.00. The maximum absolute atomic E-state index is 12.2. The van der Waals surface area contributed by atoms with Gasteiger partial charge in [0.1, 0.15) is 5.75 Å². The SMILES string of the molecule is C=N/N=C(\CCCCC(N)C(=O)N/C(C=O)=C(\C)NC)c1cc(Cl)ccc1OCC.CC.CNC1C=CC=CC1. The highest BCUT2D eigenvalue weighted by Gasteiger charge is 2.16. The van der Waals surface area contributed by atoms with Crippen molar-refractivity contribution in [3.05, 3.63) is 64.5 Å². The summed E-state index contributed by atoms with van der Waals surface area (Å²) in [5.41, 5.74) is 8.17. The highest BCUT2D eigenvalue weighted by Crippen LogP contribution is 2.26. The Balaban J connectivity index is 0.00000128. The van der Waals surface area contributed by atoms with Gasteiger partial charge in [0, 0.05) is 36.1 Å². The molecule has 1 aromatic carbocycles. The molecule has 1 aliphatic rings. The summed E-state index contributed by atoms with van der Waals surface area (Å²) in [4.78, 5) is 23.3. The van der Waals surface area contributed by atoms with Gasteiger partial charge in [-0.05, 0) is 64.8 Å². The fourth-order valence-electron chi connectivity index (χ4n) is 3.49. The van der Waals surface area contributed by atoms with Crippen LogP contribution in [0.4, 0.5) is 0 Å². The monoisotopic (exact) mass is 574 g/mol. The minimum Gasteiger partial charge on any atom is -0.493 e. The average Bonchev–Trinajstić information content (AvgIpc) is 2.99. The van der Waals surface area contributed by atoms with Crippen LogP contribution < -0.4 is 26.4 Å². The van der Waals surface area contributed by atoms with Crippen LogP contribution in [0, 0.1) is 0 Å². The van der Waals surface area contributed by atoms with Crippen molar-refractivity contribution in [2.24, 2.45) is 15.9 Å². The predicted molar refractivity (Wildman–Crippen MR) is 168 cm³/mol. The molecule has 0 bridgehead atoms. The van der Waals surface area contributed by atoms with Crippen LogP contribution in [0.5, 0.6) is 5.75 Å². The molecule has 1 amide bonds. The normalized spacial score (nSPS) is 15.3. The van der Waals surface area contributed by atoms with Crippen molar-refractivity contribution in [2.45, 2.75) is 71.9 Å². The Labute approximate surface area is 245 Å². The van der Waals surface area contributed by atoms with Gasteiger partial charge in [0.05, 0.1) is 24.1 Å². The number of carbonyl (C=O) groups is 2. The largest absolute Gasteiger partial charge is 0.493 e. The summed E-state index contributed by atoms with van der Waals surface area (Å²) in [5.74, 6) is 0.273. The van der Waals surface area contributed by atoms with Gasteiger partial charge in [0.2, 0.25) is 5.91 Å². The number of nitrogens with one attached hydrogen (secondary N) is 3. The molecule has 0 saturated carbocycles. The van der Waals surface area contributed by atoms with Crippen molar-refractivity contribution in [1.82, 2.24) is 16.0 Å². The fraction of sp³-hybridized carbons (Fsp3) is 0.467. The number of benzene rings is 1. The molecule has 222 valence electrons. The van der Waals surface area contributed by atoms with Gasteiger partial charge in [0.15, 0.2) is 6.29 Å². The first-order chi connectivity index (χ1) is 19.3. The van der Waals surface area contributed by atoms with E-state index >= 15 is 0 Å². The molecular weight excluding hydrogens is 528 g/mol. The number of unbranched alkanes of at least 4 members (excludes halogenated alkanes) is 1.